The maximum Gasteiger partial charge on any atom is 0.341 e. The molecule has 1 aromatic carbocycles. The number of phenols is 1. The topological polar surface area (TPSA) is 58.9 Å². The SMILES string of the molecule is CCOC(=O)c1c(/N=C/c2cc(Br)cc(Br)c2O)sc2c1CCCC2. The molecule has 0 saturated heterocycles. The molecule has 1 N–H and O–H groups in total. The van der Waals surface area contributed by atoms with Crippen molar-refractivity contribution in [2.45, 2.75) is 32.6 Å². The molecule has 1 aliphatic carbocycles. The third kappa shape index (κ3) is 3.99. The smallest absolute Gasteiger partial charge is 0.341 e. The fourth-order valence-corrected chi connectivity index (χ4v) is 5.35. The van der Waals surface area contributed by atoms with Gasteiger partial charge in [-0.25, -0.2) is 9.79 Å². The van der Waals surface area contributed by atoms with Crippen LogP contribution in [0.4, 0.5) is 5.00 Å². The highest BCUT2D eigenvalue weighted by molar-refractivity contribution is 9.11. The van der Waals surface area contributed by atoms with Gasteiger partial charge in [0.15, 0.2) is 0 Å². The first-order valence-electron chi connectivity index (χ1n) is 8.05. The molecule has 3 rings (SSSR count). The first-order chi connectivity index (χ1) is 12.0. The minimum atomic E-state index is -0.311. The fourth-order valence-electron chi connectivity index (χ4n) is 2.87. The van der Waals surface area contributed by atoms with Gasteiger partial charge in [-0.05, 0) is 66.2 Å². The van der Waals surface area contributed by atoms with Crippen molar-refractivity contribution in [2.24, 2.45) is 4.99 Å². The number of rotatable bonds is 4. The average molecular weight is 487 g/mol. The van der Waals surface area contributed by atoms with Crippen molar-refractivity contribution in [3.63, 3.8) is 0 Å². The lowest BCUT2D eigenvalue weighted by Crippen LogP contribution is -2.09. The molecule has 1 heterocycles. The number of nitrogens with zero attached hydrogens (tertiary/aromatic N) is 1. The first kappa shape index (κ1) is 18.6. The Morgan fingerprint density at radius 2 is 2.12 bits per heavy atom. The van der Waals surface area contributed by atoms with Crippen molar-refractivity contribution in [3.8, 4) is 5.75 Å². The Bertz CT molecular complexity index is 845. The second kappa shape index (κ2) is 8.01. The lowest BCUT2D eigenvalue weighted by Gasteiger charge is -2.11. The summed E-state index contributed by atoms with van der Waals surface area (Å²) in [6, 6.07) is 3.54. The average Bonchev–Trinajstić information content (AvgIpc) is 2.95. The van der Waals surface area contributed by atoms with E-state index in [1.54, 1.807) is 36.6 Å². The zero-order valence-corrected chi connectivity index (χ0v) is 17.6. The van der Waals surface area contributed by atoms with Crippen molar-refractivity contribution in [1.29, 1.82) is 0 Å². The highest BCUT2D eigenvalue weighted by atomic mass is 79.9. The third-order valence-electron chi connectivity index (χ3n) is 4.01. The Morgan fingerprint density at radius 1 is 1.36 bits per heavy atom. The highest BCUT2D eigenvalue weighted by Gasteiger charge is 2.26. The number of hydrogen-bond acceptors (Lipinski definition) is 5. The number of fused-ring (bicyclic) bond motifs is 1. The zero-order chi connectivity index (χ0) is 18.0. The lowest BCUT2D eigenvalue weighted by molar-refractivity contribution is 0.0526. The third-order valence-corrected chi connectivity index (χ3v) is 6.27. The Morgan fingerprint density at radius 3 is 2.88 bits per heavy atom. The van der Waals surface area contributed by atoms with Crippen LogP contribution in [0.15, 0.2) is 26.1 Å². The summed E-state index contributed by atoms with van der Waals surface area (Å²) in [5.74, 6) is -0.195. The van der Waals surface area contributed by atoms with Gasteiger partial charge >= 0.3 is 5.97 Å². The van der Waals surface area contributed by atoms with E-state index >= 15 is 0 Å². The molecular weight excluding hydrogens is 470 g/mol. The summed E-state index contributed by atoms with van der Waals surface area (Å²) in [6.45, 7) is 2.14. The highest BCUT2D eigenvalue weighted by Crippen LogP contribution is 2.40. The fraction of sp³-hybridized carbons (Fsp3) is 0.333. The minimum absolute atomic E-state index is 0.117. The molecule has 0 saturated carbocycles. The van der Waals surface area contributed by atoms with Crippen LogP contribution >= 0.6 is 43.2 Å². The van der Waals surface area contributed by atoms with Gasteiger partial charge in [0.1, 0.15) is 10.8 Å². The van der Waals surface area contributed by atoms with Crippen LogP contribution in [0.2, 0.25) is 0 Å². The summed E-state index contributed by atoms with van der Waals surface area (Å²) in [6.07, 6.45) is 5.68. The molecule has 4 nitrogen and oxygen atoms in total. The molecule has 7 heteroatoms. The zero-order valence-electron chi connectivity index (χ0n) is 13.6. The van der Waals surface area contributed by atoms with Gasteiger partial charge in [0, 0.05) is 21.1 Å². The van der Waals surface area contributed by atoms with Gasteiger partial charge in [0.05, 0.1) is 16.6 Å². The number of carbonyl (C=O) groups is 1. The molecule has 132 valence electrons. The maximum atomic E-state index is 12.4. The van der Waals surface area contributed by atoms with Crippen LogP contribution in [0.1, 0.15) is 46.1 Å². The second-order valence-corrected chi connectivity index (χ2v) is 8.55. The summed E-state index contributed by atoms with van der Waals surface area (Å²) in [5.41, 5.74) is 2.25. The van der Waals surface area contributed by atoms with E-state index in [4.69, 9.17) is 4.74 Å². The van der Waals surface area contributed by atoms with Crippen LogP contribution in [0.25, 0.3) is 0 Å². The monoisotopic (exact) mass is 485 g/mol. The molecule has 0 spiro atoms. The number of halogens is 2. The first-order valence-corrected chi connectivity index (χ1v) is 10.4. The number of benzene rings is 1. The van der Waals surface area contributed by atoms with E-state index in [-0.39, 0.29) is 11.7 Å². The van der Waals surface area contributed by atoms with E-state index in [0.717, 1.165) is 35.7 Å². The van der Waals surface area contributed by atoms with Crippen molar-refractivity contribution >= 4 is 60.4 Å². The van der Waals surface area contributed by atoms with Gasteiger partial charge in [-0.2, -0.15) is 0 Å². The van der Waals surface area contributed by atoms with E-state index in [1.165, 1.54) is 4.88 Å². The number of carbonyl (C=O) groups excluding carboxylic acids is 1. The van der Waals surface area contributed by atoms with Gasteiger partial charge in [0.25, 0.3) is 0 Å². The van der Waals surface area contributed by atoms with Gasteiger partial charge in [0.2, 0.25) is 0 Å². The minimum Gasteiger partial charge on any atom is -0.506 e. The van der Waals surface area contributed by atoms with Crippen molar-refractivity contribution in [1.82, 2.24) is 0 Å². The molecule has 1 aliphatic rings. The van der Waals surface area contributed by atoms with E-state index in [2.05, 4.69) is 36.9 Å². The molecule has 1 aromatic heterocycles. The molecule has 0 aliphatic heterocycles. The number of ether oxygens (including phenoxy) is 1. The number of aryl methyl sites for hydroxylation is 1. The Hall–Kier alpha value is -1.18. The van der Waals surface area contributed by atoms with Crippen molar-refractivity contribution in [3.05, 3.63) is 42.6 Å². The Balaban J connectivity index is 2.02. The molecule has 0 atom stereocenters. The largest absolute Gasteiger partial charge is 0.506 e. The predicted octanol–water partition coefficient (Wildman–Crippen LogP) is 5.78. The van der Waals surface area contributed by atoms with E-state index < -0.39 is 0 Å². The van der Waals surface area contributed by atoms with E-state index in [9.17, 15) is 9.90 Å². The molecule has 0 radical (unpaired) electrons. The Kier molecular flexibility index (Phi) is 5.96. The molecule has 25 heavy (non-hydrogen) atoms. The standard InChI is InChI=1S/C18H17Br2NO3S/c1-2-24-18(23)15-12-5-3-4-6-14(12)25-17(15)21-9-10-7-11(19)8-13(20)16(10)22/h7-9,22H,2-6H2,1H3/b21-9+. The predicted molar refractivity (Wildman–Crippen MR) is 108 cm³/mol. The summed E-state index contributed by atoms with van der Waals surface area (Å²) < 4.78 is 6.65. The number of aliphatic imine (C=N–C) groups is 1. The van der Waals surface area contributed by atoms with Crippen LogP contribution in [0.3, 0.4) is 0 Å². The van der Waals surface area contributed by atoms with Crippen LogP contribution in [-0.2, 0) is 17.6 Å². The van der Waals surface area contributed by atoms with Gasteiger partial charge in [-0.15, -0.1) is 11.3 Å². The number of phenolic OH excluding ortho intramolecular Hbond substituents is 1. The van der Waals surface area contributed by atoms with Crippen LogP contribution in [0, 0.1) is 0 Å². The maximum absolute atomic E-state index is 12.4. The van der Waals surface area contributed by atoms with Crippen LogP contribution in [0.5, 0.6) is 5.75 Å². The number of thiophene rings is 1. The second-order valence-electron chi connectivity index (χ2n) is 5.70. The van der Waals surface area contributed by atoms with Gasteiger partial charge < -0.3 is 9.84 Å². The van der Waals surface area contributed by atoms with Gasteiger partial charge in [-0.1, -0.05) is 15.9 Å². The van der Waals surface area contributed by atoms with Crippen LogP contribution in [-0.4, -0.2) is 23.9 Å². The molecular formula is C18H17Br2NO3S. The summed E-state index contributed by atoms with van der Waals surface area (Å²) in [4.78, 5) is 18.2. The van der Waals surface area contributed by atoms with Gasteiger partial charge in [-0.3, -0.25) is 0 Å². The number of esters is 1. The van der Waals surface area contributed by atoms with E-state index in [1.807, 2.05) is 0 Å². The quantitative estimate of drug-likeness (QED) is 0.439. The molecule has 2 aromatic rings. The number of hydrogen-bond donors (Lipinski definition) is 1. The normalized spacial score (nSPS) is 13.9. The lowest BCUT2D eigenvalue weighted by atomic mass is 9.95. The summed E-state index contributed by atoms with van der Waals surface area (Å²) >= 11 is 8.26. The molecule has 0 amide bonds. The van der Waals surface area contributed by atoms with Crippen molar-refractivity contribution in [2.75, 3.05) is 6.61 Å². The van der Waals surface area contributed by atoms with Crippen molar-refractivity contribution < 1.29 is 14.6 Å². The molecule has 0 fully saturated rings. The van der Waals surface area contributed by atoms with E-state index in [0.29, 0.717) is 27.2 Å². The van der Waals surface area contributed by atoms with Crippen LogP contribution < -0.4 is 0 Å². The molecule has 0 unspecified atom stereocenters. The Labute approximate surface area is 167 Å². The summed E-state index contributed by atoms with van der Waals surface area (Å²) in [5, 5.41) is 10.8. The number of aromatic hydroxyl groups is 1. The molecule has 0 bridgehead atoms. The summed E-state index contributed by atoms with van der Waals surface area (Å²) in [7, 11) is 0.